The average molecular weight is 219 g/mol. The van der Waals surface area contributed by atoms with E-state index in [1.54, 1.807) is 0 Å². The first-order chi connectivity index (χ1) is 7.61. The van der Waals surface area contributed by atoms with Gasteiger partial charge in [-0.25, -0.2) is 0 Å². The van der Waals surface area contributed by atoms with Crippen molar-refractivity contribution in [3.05, 3.63) is 29.3 Å². The molecule has 1 aromatic carbocycles. The lowest BCUT2D eigenvalue weighted by molar-refractivity contribution is -0.139. The van der Waals surface area contributed by atoms with Crippen LogP contribution in [-0.2, 0) is 11.2 Å². The number of ether oxygens (including phenoxy) is 1. The smallest absolute Gasteiger partial charge is 0.324 e. The molecule has 2 atom stereocenters. The Kier molecular flexibility index (Phi) is 1.80. The molecule has 0 unspecified atom stereocenters. The fraction of sp³-hybridized carbons (Fsp3) is 0.417. The molecular weight excluding hydrogens is 206 g/mol. The van der Waals surface area contributed by atoms with E-state index in [2.05, 4.69) is 0 Å². The zero-order valence-corrected chi connectivity index (χ0v) is 8.77. The summed E-state index contributed by atoms with van der Waals surface area (Å²) >= 11 is 0. The first-order valence-corrected chi connectivity index (χ1v) is 5.39. The number of fused-ring (bicyclic) bond motifs is 1. The number of benzene rings is 1. The first-order valence-electron chi connectivity index (χ1n) is 5.39. The Bertz CT molecular complexity index is 471. The summed E-state index contributed by atoms with van der Waals surface area (Å²) < 4.78 is 5.41. The summed E-state index contributed by atoms with van der Waals surface area (Å²) in [6.07, 6.45) is 1.43. The maximum Gasteiger partial charge on any atom is 0.324 e. The first kappa shape index (κ1) is 9.66. The Hall–Kier alpha value is -1.55. The summed E-state index contributed by atoms with van der Waals surface area (Å²) in [5.74, 6) is -0.0347. The molecule has 1 aliphatic heterocycles. The minimum Gasteiger partial charge on any atom is -0.493 e. The van der Waals surface area contributed by atoms with Gasteiger partial charge in [-0.3, -0.25) is 4.79 Å². The molecule has 3 N–H and O–H groups in total. The highest BCUT2D eigenvalue weighted by molar-refractivity contribution is 5.85. The van der Waals surface area contributed by atoms with Crippen molar-refractivity contribution in [2.45, 2.75) is 24.3 Å². The Balaban J connectivity index is 1.90. The van der Waals surface area contributed by atoms with E-state index in [0.717, 1.165) is 29.9 Å². The van der Waals surface area contributed by atoms with E-state index in [-0.39, 0.29) is 5.92 Å². The summed E-state index contributed by atoms with van der Waals surface area (Å²) in [5, 5.41) is 8.99. The third-order valence-electron chi connectivity index (χ3n) is 3.52. The van der Waals surface area contributed by atoms with Crippen LogP contribution in [0.25, 0.3) is 0 Å². The minimum absolute atomic E-state index is 0.0455. The van der Waals surface area contributed by atoms with Crippen LogP contribution >= 0.6 is 0 Å². The predicted octanol–water partition coefficient (Wildman–Crippen LogP) is 0.891. The molecule has 0 amide bonds. The molecule has 1 aromatic rings. The Morgan fingerprint density at radius 2 is 2.38 bits per heavy atom. The number of carboxylic acid groups (broad SMARTS) is 1. The van der Waals surface area contributed by atoms with Crippen LogP contribution in [0.2, 0.25) is 0 Å². The van der Waals surface area contributed by atoms with Crippen LogP contribution in [0.3, 0.4) is 0 Å². The van der Waals surface area contributed by atoms with Crippen molar-refractivity contribution in [1.29, 1.82) is 0 Å². The van der Waals surface area contributed by atoms with Crippen LogP contribution in [0.1, 0.15) is 23.5 Å². The van der Waals surface area contributed by atoms with Crippen LogP contribution in [0.15, 0.2) is 18.2 Å². The molecule has 2 aliphatic rings. The highest BCUT2D eigenvalue weighted by Crippen LogP contribution is 2.50. The number of hydrogen-bond acceptors (Lipinski definition) is 3. The second kappa shape index (κ2) is 2.98. The number of carboxylic acids is 1. The molecule has 4 heteroatoms. The van der Waals surface area contributed by atoms with Gasteiger partial charge in [-0.05, 0) is 23.6 Å². The highest BCUT2D eigenvalue weighted by atomic mass is 16.5. The molecule has 4 nitrogen and oxygen atoms in total. The van der Waals surface area contributed by atoms with Gasteiger partial charge in [-0.1, -0.05) is 12.1 Å². The summed E-state index contributed by atoms with van der Waals surface area (Å²) in [7, 11) is 0. The zero-order chi connectivity index (χ0) is 11.3. The number of carbonyl (C=O) groups is 1. The van der Waals surface area contributed by atoms with Gasteiger partial charge in [0.1, 0.15) is 11.3 Å². The van der Waals surface area contributed by atoms with Crippen molar-refractivity contribution in [2.75, 3.05) is 6.61 Å². The third-order valence-corrected chi connectivity index (χ3v) is 3.52. The van der Waals surface area contributed by atoms with E-state index in [1.165, 1.54) is 0 Å². The quantitative estimate of drug-likeness (QED) is 0.774. The second-order valence-corrected chi connectivity index (χ2v) is 4.57. The molecule has 0 radical (unpaired) electrons. The molecule has 0 saturated heterocycles. The Labute approximate surface area is 93.0 Å². The molecule has 1 saturated carbocycles. The molecule has 1 aliphatic carbocycles. The van der Waals surface area contributed by atoms with Crippen molar-refractivity contribution in [1.82, 2.24) is 0 Å². The molecule has 1 heterocycles. The van der Waals surface area contributed by atoms with Crippen molar-refractivity contribution in [2.24, 2.45) is 5.73 Å². The Morgan fingerprint density at radius 1 is 1.56 bits per heavy atom. The van der Waals surface area contributed by atoms with Gasteiger partial charge in [0.25, 0.3) is 0 Å². The van der Waals surface area contributed by atoms with Crippen molar-refractivity contribution in [3.8, 4) is 5.75 Å². The van der Waals surface area contributed by atoms with E-state index in [9.17, 15) is 4.79 Å². The summed E-state index contributed by atoms with van der Waals surface area (Å²) in [6, 6.07) is 5.87. The van der Waals surface area contributed by atoms with Gasteiger partial charge in [-0.15, -0.1) is 0 Å². The maximum absolute atomic E-state index is 11.0. The second-order valence-electron chi connectivity index (χ2n) is 4.57. The van der Waals surface area contributed by atoms with Gasteiger partial charge in [0.15, 0.2) is 0 Å². The minimum atomic E-state index is -1.05. The third kappa shape index (κ3) is 1.23. The van der Waals surface area contributed by atoms with Crippen molar-refractivity contribution < 1.29 is 14.6 Å². The van der Waals surface area contributed by atoms with E-state index in [1.807, 2.05) is 18.2 Å². The van der Waals surface area contributed by atoms with E-state index < -0.39 is 11.5 Å². The lowest BCUT2D eigenvalue weighted by Crippen LogP contribution is -2.34. The highest BCUT2D eigenvalue weighted by Gasteiger charge is 2.58. The summed E-state index contributed by atoms with van der Waals surface area (Å²) in [4.78, 5) is 11.0. The van der Waals surface area contributed by atoms with Crippen LogP contribution in [0, 0.1) is 0 Å². The fourth-order valence-corrected chi connectivity index (χ4v) is 2.35. The standard InChI is InChI=1S/C12H13NO3/c13-12(11(14)15)6-9(12)7-1-2-10-8(5-7)3-4-16-10/h1-2,5,9H,3-4,6,13H2,(H,14,15)/t9-,12+/m1/s1. The van der Waals surface area contributed by atoms with Gasteiger partial charge < -0.3 is 15.6 Å². The van der Waals surface area contributed by atoms with Crippen LogP contribution < -0.4 is 10.5 Å². The molecular formula is C12H13NO3. The zero-order valence-electron chi connectivity index (χ0n) is 8.77. The molecule has 1 fully saturated rings. The SMILES string of the molecule is N[C@@]1(C(=O)O)C[C@@H]1c1ccc2c(c1)CCO2. The van der Waals surface area contributed by atoms with Gasteiger partial charge in [0, 0.05) is 12.3 Å². The van der Waals surface area contributed by atoms with Gasteiger partial charge in [0.05, 0.1) is 6.61 Å². The molecule has 0 aromatic heterocycles. The van der Waals surface area contributed by atoms with Crippen LogP contribution in [0.4, 0.5) is 0 Å². The predicted molar refractivity (Wildman–Crippen MR) is 57.6 cm³/mol. The molecule has 0 bridgehead atoms. The molecule has 16 heavy (non-hydrogen) atoms. The lowest BCUT2D eigenvalue weighted by Gasteiger charge is -2.06. The number of rotatable bonds is 2. The van der Waals surface area contributed by atoms with Crippen molar-refractivity contribution in [3.63, 3.8) is 0 Å². The van der Waals surface area contributed by atoms with Gasteiger partial charge >= 0.3 is 5.97 Å². The maximum atomic E-state index is 11.0. The number of aliphatic carboxylic acids is 1. The topological polar surface area (TPSA) is 72.6 Å². The molecule has 3 rings (SSSR count). The van der Waals surface area contributed by atoms with Gasteiger partial charge in [-0.2, -0.15) is 0 Å². The molecule has 84 valence electrons. The van der Waals surface area contributed by atoms with E-state index >= 15 is 0 Å². The monoisotopic (exact) mass is 219 g/mol. The average Bonchev–Trinajstić information content (AvgIpc) is 2.75. The number of hydrogen-bond donors (Lipinski definition) is 2. The van der Waals surface area contributed by atoms with Crippen LogP contribution in [-0.4, -0.2) is 23.2 Å². The Morgan fingerprint density at radius 3 is 3.06 bits per heavy atom. The lowest BCUT2D eigenvalue weighted by atomic mass is 10.0. The summed E-state index contributed by atoms with van der Waals surface area (Å²) in [6.45, 7) is 0.718. The van der Waals surface area contributed by atoms with E-state index in [0.29, 0.717) is 6.42 Å². The van der Waals surface area contributed by atoms with Crippen LogP contribution in [0.5, 0.6) is 5.75 Å². The largest absolute Gasteiger partial charge is 0.493 e. The fourth-order valence-electron chi connectivity index (χ4n) is 2.35. The van der Waals surface area contributed by atoms with Gasteiger partial charge in [0.2, 0.25) is 0 Å². The number of nitrogens with two attached hydrogens (primary N) is 1. The molecule has 0 spiro atoms. The summed E-state index contributed by atoms with van der Waals surface area (Å²) in [5.41, 5.74) is 6.92. The normalized spacial score (nSPS) is 30.7. The van der Waals surface area contributed by atoms with Crippen molar-refractivity contribution >= 4 is 5.97 Å². The van der Waals surface area contributed by atoms with E-state index in [4.69, 9.17) is 15.6 Å².